The van der Waals surface area contributed by atoms with Crippen LogP contribution in [0.5, 0.6) is 0 Å². The van der Waals surface area contributed by atoms with Gasteiger partial charge in [-0.1, -0.05) is 15.9 Å². The zero-order valence-corrected chi connectivity index (χ0v) is 10.4. The van der Waals surface area contributed by atoms with Gasteiger partial charge in [0.2, 0.25) is 0 Å². The van der Waals surface area contributed by atoms with Crippen molar-refractivity contribution in [1.29, 1.82) is 0 Å². The molecule has 0 saturated heterocycles. The van der Waals surface area contributed by atoms with E-state index in [4.69, 9.17) is 5.73 Å². The number of nitrogens with two attached hydrogens (primary N) is 1. The van der Waals surface area contributed by atoms with Gasteiger partial charge >= 0.3 is 0 Å². The maximum Gasteiger partial charge on any atom is 0.256 e. The molecule has 17 heavy (non-hydrogen) atoms. The van der Waals surface area contributed by atoms with Crippen LogP contribution in [0.2, 0.25) is 0 Å². The smallest absolute Gasteiger partial charge is 0.256 e. The van der Waals surface area contributed by atoms with Gasteiger partial charge < -0.3 is 11.1 Å². The third-order valence-corrected chi connectivity index (χ3v) is 2.71. The number of amides is 1. The minimum atomic E-state index is -0.233. The average molecular weight is 292 g/mol. The summed E-state index contributed by atoms with van der Waals surface area (Å²) < 4.78 is 0.923. The van der Waals surface area contributed by atoms with E-state index in [1.54, 1.807) is 42.6 Å². The van der Waals surface area contributed by atoms with E-state index in [1.165, 1.54) is 0 Å². The van der Waals surface area contributed by atoms with Gasteiger partial charge in [0, 0.05) is 16.2 Å². The molecule has 0 atom stereocenters. The van der Waals surface area contributed by atoms with Gasteiger partial charge in [0.15, 0.2) is 5.82 Å². The molecule has 2 rings (SSSR count). The van der Waals surface area contributed by atoms with Crippen LogP contribution in [0.4, 0.5) is 11.5 Å². The van der Waals surface area contributed by atoms with Gasteiger partial charge in [-0.3, -0.25) is 4.79 Å². The Balaban J connectivity index is 2.17. The summed E-state index contributed by atoms with van der Waals surface area (Å²) in [6.45, 7) is 0. The Labute approximate surface area is 107 Å². The molecule has 0 aliphatic carbocycles. The maximum absolute atomic E-state index is 11.9. The Hall–Kier alpha value is -1.88. The summed E-state index contributed by atoms with van der Waals surface area (Å²) in [7, 11) is 0. The molecular weight excluding hydrogens is 282 g/mol. The fourth-order valence-electron chi connectivity index (χ4n) is 1.30. The molecule has 5 heteroatoms. The average Bonchev–Trinajstić information content (AvgIpc) is 2.33. The van der Waals surface area contributed by atoms with E-state index < -0.39 is 0 Å². The van der Waals surface area contributed by atoms with Gasteiger partial charge in [-0.25, -0.2) is 4.98 Å². The van der Waals surface area contributed by atoms with E-state index >= 15 is 0 Å². The minimum Gasteiger partial charge on any atom is -0.396 e. The molecule has 0 bridgehead atoms. The maximum atomic E-state index is 11.9. The number of pyridine rings is 1. The van der Waals surface area contributed by atoms with Crippen LogP contribution in [0.25, 0.3) is 0 Å². The molecule has 0 radical (unpaired) electrons. The molecule has 1 aromatic heterocycles. The van der Waals surface area contributed by atoms with Gasteiger partial charge in [0.1, 0.15) is 0 Å². The van der Waals surface area contributed by atoms with E-state index in [0.717, 1.165) is 4.47 Å². The minimum absolute atomic E-state index is 0.233. The molecule has 0 aliphatic rings. The van der Waals surface area contributed by atoms with E-state index in [2.05, 4.69) is 26.2 Å². The van der Waals surface area contributed by atoms with E-state index in [-0.39, 0.29) is 5.91 Å². The highest BCUT2D eigenvalue weighted by Gasteiger charge is 2.08. The summed E-state index contributed by atoms with van der Waals surface area (Å²) in [5.41, 5.74) is 6.68. The number of nitrogens with one attached hydrogen (secondary N) is 1. The van der Waals surface area contributed by atoms with E-state index in [0.29, 0.717) is 17.1 Å². The number of carbonyl (C=O) groups is 1. The Morgan fingerprint density at radius 3 is 2.59 bits per heavy atom. The van der Waals surface area contributed by atoms with Crippen LogP contribution in [0, 0.1) is 0 Å². The molecule has 0 unspecified atom stereocenters. The van der Waals surface area contributed by atoms with Crippen molar-refractivity contribution in [3.05, 3.63) is 52.6 Å². The molecule has 3 N–H and O–H groups in total. The third-order valence-electron chi connectivity index (χ3n) is 2.18. The van der Waals surface area contributed by atoms with Crippen LogP contribution in [-0.2, 0) is 0 Å². The lowest BCUT2D eigenvalue weighted by Gasteiger charge is -2.06. The van der Waals surface area contributed by atoms with Crippen LogP contribution in [-0.4, -0.2) is 10.9 Å². The number of rotatable bonds is 2. The van der Waals surface area contributed by atoms with Gasteiger partial charge in [-0.15, -0.1) is 0 Å². The fourth-order valence-corrected chi connectivity index (χ4v) is 1.57. The van der Waals surface area contributed by atoms with Gasteiger partial charge in [-0.2, -0.15) is 0 Å². The molecule has 0 spiro atoms. The van der Waals surface area contributed by atoms with Crippen LogP contribution in [0.1, 0.15) is 10.4 Å². The number of hydrogen-bond donors (Lipinski definition) is 2. The first kappa shape index (κ1) is 11.6. The second kappa shape index (κ2) is 4.97. The number of hydrogen-bond acceptors (Lipinski definition) is 3. The van der Waals surface area contributed by atoms with Crippen molar-refractivity contribution >= 4 is 33.3 Å². The summed E-state index contributed by atoms with van der Waals surface area (Å²) in [5, 5.41) is 2.66. The van der Waals surface area contributed by atoms with Gasteiger partial charge in [0.05, 0.1) is 5.69 Å². The number of anilines is 2. The first-order chi connectivity index (χ1) is 8.16. The monoisotopic (exact) mass is 291 g/mol. The molecule has 2 aromatic rings. The van der Waals surface area contributed by atoms with Crippen molar-refractivity contribution in [3.8, 4) is 0 Å². The number of benzene rings is 1. The van der Waals surface area contributed by atoms with Crippen molar-refractivity contribution in [1.82, 2.24) is 4.98 Å². The van der Waals surface area contributed by atoms with Crippen molar-refractivity contribution < 1.29 is 4.79 Å². The molecule has 86 valence electrons. The number of aromatic nitrogens is 1. The summed E-state index contributed by atoms with van der Waals surface area (Å²) in [5.74, 6) is 0.142. The number of halogens is 1. The van der Waals surface area contributed by atoms with Gasteiger partial charge in [-0.05, 0) is 36.4 Å². The second-order valence-corrected chi connectivity index (χ2v) is 4.32. The third kappa shape index (κ3) is 2.82. The van der Waals surface area contributed by atoms with Crippen LogP contribution in [0.15, 0.2) is 47.1 Å². The normalized spacial score (nSPS) is 9.94. The quantitative estimate of drug-likeness (QED) is 0.894. The predicted octanol–water partition coefficient (Wildman–Crippen LogP) is 2.68. The summed E-state index contributed by atoms with van der Waals surface area (Å²) in [6, 6.07) is 10.4. The standard InChI is InChI=1S/C12H10BrN3O/c13-9-5-3-8(4-6-9)12(17)16-11-10(14)2-1-7-15-11/h1-7H,14H2,(H,15,16,17). The summed E-state index contributed by atoms with van der Waals surface area (Å²) in [6.07, 6.45) is 1.58. The lowest BCUT2D eigenvalue weighted by atomic mass is 10.2. The van der Waals surface area contributed by atoms with Crippen molar-refractivity contribution in [2.45, 2.75) is 0 Å². The Kier molecular flexibility index (Phi) is 3.39. The molecule has 0 fully saturated rings. The zero-order valence-electron chi connectivity index (χ0n) is 8.85. The fraction of sp³-hybridized carbons (Fsp3) is 0. The van der Waals surface area contributed by atoms with Crippen LogP contribution in [0.3, 0.4) is 0 Å². The highest BCUT2D eigenvalue weighted by molar-refractivity contribution is 9.10. The largest absolute Gasteiger partial charge is 0.396 e. The zero-order chi connectivity index (χ0) is 12.3. The van der Waals surface area contributed by atoms with Crippen molar-refractivity contribution in [3.63, 3.8) is 0 Å². The first-order valence-corrected chi connectivity index (χ1v) is 5.73. The highest BCUT2D eigenvalue weighted by atomic mass is 79.9. The van der Waals surface area contributed by atoms with Crippen LogP contribution >= 0.6 is 15.9 Å². The highest BCUT2D eigenvalue weighted by Crippen LogP contribution is 2.15. The molecule has 0 aliphatic heterocycles. The van der Waals surface area contributed by atoms with Gasteiger partial charge in [0.25, 0.3) is 5.91 Å². The second-order valence-electron chi connectivity index (χ2n) is 3.40. The van der Waals surface area contributed by atoms with E-state index in [1.807, 2.05) is 0 Å². The Bertz CT molecular complexity index is 540. The lowest BCUT2D eigenvalue weighted by Crippen LogP contribution is -2.14. The Morgan fingerprint density at radius 1 is 1.24 bits per heavy atom. The summed E-state index contributed by atoms with van der Waals surface area (Å²) >= 11 is 3.31. The predicted molar refractivity (Wildman–Crippen MR) is 70.7 cm³/mol. The van der Waals surface area contributed by atoms with E-state index in [9.17, 15) is 4.79 Å². The molecule has 1 heterocycles. The Morgan fingerprint density at radius 2 is 1.94 bits per heavy atom. The molecule has 4 nitrogen and oxygen atoms in total. The molecular formula is C12H10BrN3O. The molecule has 1 aromatic carbocycles. The number of nitrogen functional groups attached to an aromatic ring is 1. The first-order valence-electron chi connectivity index (χ1n) is 4.94. The molecule has 1 amide bonds. The number of nitrogens with zero attached hydrogens (tertiary/aromatic N) is 1. The number of carbonyl (C=O) groups excluding carboxylic acids is 1. The van der Waals surface area contributed by atoms with Crippen LogP contribution < -0.4 is 11.1 Å². The lowest BCUT2D eigenvalue weighted by molar-refractivity contribution is 0.102. The SMILES string of the molecule is Nc1cccnc1NC(=O)c1ccc(Br)cc1. The van der Waals surface area contributed by atoms with Crippen molar-refractivity contribution in [2.75, 3.05) is 11.1 Å². The topological polar surface area (TPSA) is 68.0 Å². The summed E-state index contributed by atoms with van der Waals surface area (Å²) in [4.78, 5) is 15.9. The molecule has 0 saturated carbocycles. The van der Waals surface area contributed by atoms with Crippen molar-refractivity contribution in [2.24, 2.45) is 0 Å².